The number of Topliss-reactive ketones (excluding diaryl/α,β-unsaturated/α-hetero) is 1. The Labute approximate surface area is 347 Å². The van der Waals surface area contributed by atoms with Gasteiger partial charge in [-0.2, -0.15) is 5.10 Å². The first kappa shape index (κ1) is 43.0. The van der Waals surface area contributed by atoms with Crippen molar-refractivity contribution in [2.24, 2.45) is 11.3 Å². The second kappa shape index (κ2) is 17.5. The van der Waals surface area contributed by atoms with Crippen LogP contribution in [0.2, 0.25) is 0 Å². The molecule has 4 heterocycles. The van der Waals surface area contributed by atoms with E-state index in [0.29, 0.717) is 60.4 Å². The molecular formula is C42H52F2N6O9S. The number of allylic oxidation sites excluding steroid dienone is 2. The number of methoxy groups -OCH3 is 1. The van der Waals surface area contributed by atoms with Crippen molar-refractivity contribution in [3.05, 3.63) is 53.9 Å². The fourth-order valence-corrected chi connectivity index (χ4v) is 9.69. The summed E-state index contributed by atoms with van der Waals surface area (Å²) in [5, 5.41) is 6.73. The second-order valence-corrected chi connectivity index (χ2v) is 18.5. The first-order valence-corrected chi connectivity index (χ1v) is 22.1. The van der Waals surface area contributed by atoms with Crippen LogP contribution >= 0.6 is 0 Å². The van der Waals surface area contributed by atoms with Gasteiger partial charge >= 0.3 is 0 Å². The van der Waals surface area contributed by atoms with Crippen LogP contribution in [0.1, 0.15) is 94.1 Å². The minimum absolute atomic E-state index is 0.0289. The molecule has 2 saturated carbocycles. The van der Waals surface area contributed by atoms with E-state index in [-0.39, 0.29) is 49.9 Å². The van der Waals surface area contributed by atoms with Gasteiger partial charge < -0.3 is 24.4 Å². The van der Waals surface area contributed by atoms with Gasteiger partial charge in [0.05, 0.1) is 42.0 Å². The maximum atomic E-state index is 14.8. The van der Waals surface area contributed by atoms with Crippen LogP contribution < -0.4 is 24.2 Å². The van der Waals surface area contributed by atoms with E-state index >= 15 is 0 Å². The van der Waals surface area contributed by atoms with Crippen LogP contribution in [0.25, 0.3) is 10.9 Å². The Kier molecular flexibility index (Phi) is 12.5. The Balaban J connectivity index is 1.22. The number of sulfonamides is 1. The number of fused-ring (bicyclic) bond motifs is 3. The van der Waals surface area contributed by atoms with Crippen LogP contribution in [0, 0.1) is 18.3 Å². The molecule has 0 spiro atoms. The number of ketones is 1. The van der Waals surface area contributed by atoms with E-state index in [1.54, 1.807) is 25.3 Å². The largest absolute Gasteiger partial charge is 0.496 e. The molecule has 0 bridgehead atoms. The van der Waals surface area contributed by atoms with Crippen molar-refractivity contribution >= 4 is 44.4 Å². The molecule has 2 aromatic heterocycles. The fraction of sp³-hybridized carbons (Fsp3) is 0.571. The predicted octanol–water partition coefficient (Wildman–Crippen LogP) is 5.04. The monoisotopic (exact) mass is 854 g/mol. The van der Waals surface area contributed by atoms with Crippen molar-refractivity contribution in [2.75, 3.05) is 13.7 Å². The van der Waals surface area contributed by atoms with Crippen LogP contribution in [-0.2, 0) is 31.0 Å². The quantitative estimate of drug-likeness (QED) is 0.233. The topological polar surface area (TPSA) is 188 Å². The summed E-state index contributed by atoms with van der Waals surface area (Å²) >= 11 is 0. The maximum absolute atomic E-state index is 14.8. The van der Waals surface area contributed by atoms with Gasteiger partial charge in [0.1, 0.15) is 35.9 Å². The lowest BCUT2D eigenvalue weighted by molar-refractivity contribution is -0.140. The van der Waals surface area contributed by atoms with Crippen molar-refractivity contribution < 1.29 is 50.6 Å². The molecule has 2 aliphatic heterocycles. The van der Waals surface area contributed by atoms with Gasteiger partial charge in [0.2, 0.25) is 27.7 Å². The number of halogens is 2. The van der Waals surface area contributed by atoms with Crippen molar-refractivity contribution in [3.8, 4) is 17.4 Å². The van der Waals surface area contributed by atoms with Gasteiger partial charge in [-0.3, -0.25) is 28.6 Å². The highest BCUT2D eigenvalue weighted by Crippen LogP contribution is 2.57. The third-order valence-corrected chi connectivity index (χ3v) is 13.5. The Hall–Kier alpha value is -5.13. The maximum Gasteiger partial charge on any atom is 0.272 e. The number of nitrogens with one attached hydrogen (secondary N) is 2. The van der Waals surface area contributed by atoms with E-state index in [1.165, 1.54) is 17.2 Å². The second-order valence-electron chi connectivity index (χ2n) is 16.6. The molecule has 3 aromatic rings. The average Bonchev–Trinajstić information content (AvgIpc) is 4.07. The molecule has 324 valence electrons. The van der Waals surface area contributed by atoms with Gasteiger partial charge in [0.15, 0.2) is 5.78 Å². The highest BCUT2D eigenvalue weighted by Gasteiger charge is 2.61. The highest BCUT2D eigenvalue weighted by molar-refractivity contribution is 7.90. The lowest BCUT2D eigenvalue weighted by Crippen LogP contribution is -2.52. The molecule has 0 unspecified atom stereocenters. The van der Waals surface area contributed by atoms with E-state index in [9.17, 15) is 36.4 Å². The number of alkyl halides is 2. The molecule has 15 nitrogen and oxygen atoms in total. The van der Waals surface area contributed by atoms with Crippen molar-refractivity contribution in [1.82, 2.24) is 29.7 Å². The third kappa shape index (κ3) is 9.42. The summed E-state index contributed by atoms with van der Waals surface area (Å²) < 4.78 is 73.4. The zero-order valence-corrected chi connectivity index (χ0v) is 35.0. The number of carbonyl (C=O) groups is 4. The molecule has 1 saturated heterocycles. The number of aryl methyl sites for hydroxylation is 1. The molecule has 5 atom stereocenters. The van der Waals surface area contributed by atoms with Gasteiger partial charge in [-0.15, -0.1) is 0 Å². The minimum Gasteiger partial charge on any atom is -0.496 e. The fourth-order valence-electron chi connectivity index (χ4n) is 8.30. The lowest BCUT2D eigenvalue weighted by Gasteiger charge is -2.29. The molecule has 60 heavy (non-hydrogen) atoms. The number of hydrogen-bond donors (Lipinski definition) is 2. The van der Waals surface area contributed by atoms with Gasteiger partial charge in [-0.25, -0.2) is 22.2 Å². The Bertz CT molecular complexity index is 2280. The Morgan fingerprint density at radius 3 is 2.57 bits per heavy atom. The van der Waals surface area contributed by atoms with Gasteiger partial charge in [-0.05, 0) is 83.4 Å². The number of benzene rings is 1. The number of carbonyl (C=O) groups excluding carboxylic acids is 4. The number of hydrogen-bond acceptors (Lipinski definition) is 11. The summed E-state index contributed by atoms with van der Waals surface area (Å²) in [4.78, 5) is 62.9. The third-order valence-electron chi connectivity index (χ3n) is 11.7. The van der Waals surface area contributed by atoms with E-state index in [4.69, 9.17) is 19.2 Å². The zero-order valence-electron chi connectivity index (χ0n) is 34.2. The van der Waals surface area contributed by atoms with Crippen molar-refractivity contribution in [2.45, 2.75) is 127 Å². The molecule has 7 rings (SSSR count). The summed E-state index contributed by atoms with van der Waals surface area (Å²) in [6, 6.07) is 4.32. The first-order valence-electron chi connectivity index (χ1n) is 20.6. The van der Waals surface area contributed by atoms with E-state index in [0.717, 1.165) is 16.7 Å². The summed E-state index contributed by atoms with van der Waals surface area (Å²) in [6.45, 7) is 4.82. The summed E-state index contributed by atoms with van der Waals surface area (Å²) in [5.74, 6) is -1.55. The molecule has 2 N–H and O–H groups in total. The molecule has 3 fully saturated rings. The number of amides is 3. The minimum atomic E-state index is -3.91. The van der Waals surface area contributed by atoms with Crippen LogP contribution in [0.3, 0.4) is 0 Å². The number of aromatic nitrogens is 3. The van der Waals surface area contributed by atoms with Crippen LogP contribution in [0.5, 0.6) is 17.4 Å². The van der Waals surface area contributed by atoms with Crippen molar-refractivity contribution in [3.63, 3.8) is 0 Å². The molecule has 18 heteroatoms. The van der Waals surface area contributed by atoms with E-state index in [1.807, 2.05) is 32.9 Å². The smallest absolute Gasteiger partial charge is 0.272 e. The van der Waals surface area contributed by atoms with Crippen LogP contribution in [0.15, 0.2) is 42.6 Å². The number of rotatable bonds is 12. The normalized spacial score (nSPS) is 25.6. The summed E-state index contributed by atoms with van der Waals surface area (Å²) in [6.07, 6.45) is 5.16. The Morgan fingerprint density at radius 2 is 1.85 bits per heavy atom. The highest BCUT2D eigenvalue weighted by atomic mass is 32.2. The number of ether oxygens (including phenoxy) is 3. The Morgan fingerprint density at radius 1 is 1.07 bits per heavy atom. The predicted molar refractivity (Wildman–Crippen MR) is 215 cm³/mol. The molecule has 4 aliphatic rings. The lowest BCUT2D eigenvalue weighted by atomic mass is 9.91. The summed E-state index contributed by atoms with van der Waals surface area (Å²) in [5.41, 5.74) is -0.154. The van der Waals surface area contributed by atoms with Crippen LogP contribution in [-0.4, -0.2) is 101 Å². The molecule has 1 aromatic carbocycles. The average molecular weight is 855 g/mol. The SMILES string of the molecule is COc1ccc2c(O[C@@H]3C[C@H]4C(=O)C[C@]5(C(=O)NS(=O)(=O)C6CC6)C[C@H]5/C=C\CCCCC[C@H](NC(=O)c5ccn(CC(F)F)n5)C(=O)N4C3)cc(OC(C)C)nc2c1C. The van der Waals surface area contributed by atoms with Gasteiger partial charge in [0.25, 0.3) is 12.3 Å². The number of nitrogens with zero attached hydrogens (tertiary/aromatic N) is 4. The van der Waals surface area contributed by atoms with Gasteiger partial charge in [-0.1, -0.05) is 25.0 Å². The standard InChI is InChI=1S/C42H52F2N6O9S/c1-24(2)58-37-19-35(29-14-15-34(57-4)25(3)38(29)46-37)59-27-18-32-33(51)21-42(41(54)48-60(55,56)28-12-13-28)20-26(42)10-8-6-5-7-9-11-31(40(53)50(32)22-27)45-39(52)30-16-17-49(47-30)23-36(43)44/h8,10,14-17,19,24,26-28,31-32,36H,5-7,9,11-13,18,20-23H2,1-4H3,(H,45,52)(H,48,54)/b10-8-/t26-,27-,31+,32+,42-/m1/s1. The van der Waals surface area contributed by atoms with E-state index in [2.05, 4.69) is 15.1 Å². The summed E-state index contributed by atoms with van der Waals surface area (Å²) in [7, 11) is -2.35. The number of pyridine rings is 1. The molecule has 2 aliphatic carbocycles. The van der Waals surface area contributed by atoms with E-state index < -0.39 is 75.4 Å². The zero-order chi connectivity index (χ0) is 42.9. The van der Waals surface area contributed by atoms with Gasteiger partial charge in [0, 0.05) is 36.1 Å². The molecule has 3 amide bonds. The first-order chi connectivity index (χ1) is 28.6. The van der Waals surface area contributed by atoms with Crippen LogP contribution in [0.4, 0.5) is 8.78 Å². The molecule has 0 radical (unpaired) electrons. The molecular weight excluding hydrogens is 803 g/mol. The van der Waals surface area contributed by atoms with Crippen molar-refractivity contribution in [1.29, 1.82) is 0 Å².